The number of methoxy groups -OCH3 is 1. The molecule has 0 aliphatic carbocycles. The molecule has 11 N–H and O–H groups in total. The van der Waals surface area contributed by atoms with Gasteiger partial charge in [0.1, 0.15) is 33.6 Å². The van der Waals surface area contributed by atoms with Gasteiger partial charge in [-0.25, -0.2) is 0 Å². The zero-order valence-electron chi connectivity index (χ0n) is 72.4. The first kappa shape index (κ1) is 94.4. The molecule has 27 nitrogen and oxygen atoms in total. The van der Waals surface area contributed by atoms with Crippen molar-refractivity contribution in [2.45, 2.75) is 80.5 Å². The van der Waals surface area contributed by atoms with Crippen LogP contribution < -0.4 is 59.1 Å². The van der Waals surface area contributed by atoms with Crippen molar-refractivity contribution in [3.8, 4) is 61.4 Å². The molecule has 10 aromatic heterocycles. The molecule has 6 aromatic carbocycles. The second-order valence-corrected chi connectivity index (χ2v) is 31.3. The van der Waals surface area contributed by atoms with Crippen LogP contribution in [-0.2, 0) is 12.8 Å². The lowest BCUT2D eigenvalue weighted by Crippen LogP contribution is -2.36. The van der Waals surface area contributed by atoms with Crippen LogP contribution >= 0.6 is 11.8 Å². The molecule has 3 unspecified atom stereocenters. The molecule has 10 heterocycles. The van der Waals surface area contributed by atoms with Crippen molar-refractivity contribution >= 4 is 47.0 Å². The van der Waals surface area contributed by atoms with Crippen LogP contribution in [0.4, 0.5) is 5.69 Å². The number of hydrogen-bond acceptors (Lipinski definition) is 18. The number of aliphatic hydroxyl groups excluding tert-OH is 1. The molecule has 664 valence electrons. The van der Waals surface area contributed by atoms with E-state index in [0.29, 0.717) is 16.8 Å². The molecule has 0 bridgehead atoms. The summed E-state index contributed by atoms with van der Waals surface area (Å²) in [5.74, 6) is -1.39. The maximum absolute atomic E-state index is 12.6. The molecule has 16 aromatic rings. The number of aliphatic hydroxyl groups is 1. The number of amides is 5. The fraction of sp³-hybridized carbons (Fsp3) is 0.125. The van der Waals surface area contributed by atoms with Crippen LogP contribution in [0, 0.1) is 0 Å². The molecular formula is C104H95N15O12S. The van der Waals surface area contributed by atoms with Crippen molar-refractivity contribution in [1.82, 2.24) is 71.1 Å². The van der Waals surface area contributed by atoms with E-state index in [1.165, 1.54) is 17.2 Å². The number of carbonyl (C=O) groups is 5. The molecule has 0 fully saturated rings. The molecule has 0 spiro atoms. The molecule has 0 aliphatic rings. The van der Waals surface area contributed by atoms with Gasteiger partial charge in [0.2, 0.25) is 0 Å². The minimum atomic E-state index is -0.840. The van der Waals surface area contributed by atoms with Gasteiger partial charge in [0, 0.05) is 127 Å². The Balaban J connectivity index is 0.000000149. The smallest absolute Gasteiger partial charge is 0.261 e. The number of rotatable bonds is 27. The maximum atomic E-state index is 12.6. The summed E-state index contributed by atoms with van der Waals surface area (Å²) in [7, 11) is 1.60. The number of hydrogen-bond donors (Lipinski definition) is 11. The van der Waals surface area contributed by atoms with Gasteiger partial charge in [0.15, 0.2) is 0 Å². The van der Waals surface area contributed by atoms with Crippen LogP contribution in [-0.4, -0.2) is 110 Å². The van der Waals surface area contributed by atoms with Crippen molar-refractivity contribution in [2.24, 2.45) is 0 Å². The van der Waals surface area contributed by atoms with Crippen molar-refractivity contribution in [1.29, 1.82) is 0 Å². The standard InChI is InChI=1S/C23H17N3O2S.2C21H21N3O2.C20H19N3O3.C19H17N3O3/c27-22-21(14-17(15-25-22)16-10-12-24-13-11-16)23(28)26-18-6-8-20(9-7-18)29-19-4-2-1-3-5-19;2*1-15(7-8-16-5-3-2-4-6-16)24-21(26)19-13-18(14-23-20(19)25)17-9-11-22-12-10-17;1-13(14-3-5-17(26-2)6-4-14)23-20(25)18-11-16(12-22-19(18)24)15-7-9-21-10-8-15;23-17(14-4-2-1-3-5-14)12-22-19(25)16-10-15(11-21-18(16)24)13-6-8-20-9-7-13/h1-15H,(H,25,27)(H,26,28);2*2-6,9-15H,7-8H2,1H3,(H,23,25)(H,24,26);3-13H,1-2H3,(H,22,24)(H,23,25);1-11,17,23H,12H2,(H,21,24)(H,22,25)/t;;;;17-/m....1/s1. The monoisotopic (exact) mass is 1780 g/mol. The molecule has 4 atom stereocenters. The normalized spacial score (nSPS) is 11.4. The first-order valence-corrected chi connectivity index (χ1v) is 43.0. The van der Waals surface area contributed by atoms with Crippen molar-refractivity contribution < 1.29 is 33.8 Å². The number of aromatic nitrogens is 10. The van der Waals surface area contributed by atoms with E-state index in [9.17, 15) is 53.1 Å². The molecule has 0 aliphatic heterocycles. The minimum Gasteiger partial charge on any atom is -0.497 e. The lowest BCUT2D eigenvalue weighted by atomic mass is 10.0. The van der Waals surface area contributed by atoms with Crippen LogP contribution in [0.1, 0.15) is 120 Å². The van der Waals surface area contributed by atoms with E-state index in [-0.39, 0.29) is 64.3 Å². The Bertz CT molecular complexity index is 6620. The Morgan fingerprint density at radius 3 is 0.985 bits per heavy atom. The summed E-state index contributed by atoms with van der Waals surface area (Å²) < 4.78 is 5.13. The Hall–Kier alpha value is -16.7. The van der Waals surface area contributed by atoms with Gasteiger partial charge in [-0.1, -0.05) is 133 Å². The number of aryl methyl sites for hydroxylation is 2. The lowest BCUT2D eigenvalue weighted by Gasteiger charge is -2.15. The highest BCUT2D eigenvalue weighted by atomic mass is 32.2. The van der Waals surface area contributed by atoms with Crippen LogP contribution in [0.15, 0.2) is 388 Å². The predicted molar refractivity (Wildman–Crippen MR) is 512 cm³/mol. The summed E-state index contributed by atoms with van der Waals surface area (Å²) in [6.07, 6.45) is 27.0. The number of pyridine rings is 10. The number of H-pyrrole nitrogens is 5. The summed E-state index contributed by atoms with van der Waals surface area (Å²) in [5, 5.41) is 24.2. The van der Waals surface area contributed by atoms with Gasteiger partial charge in [-0.05, 0) is 264 Å². The number of nitrogens with one attached hydrogen (secondary N) is 10. The molecule has 132 heavy (non-hydrogen) atoms. The first-order valence-electron chi connectivity index (χ1n) is 42.1. The van der Waals surface area contributed by atoms with Gasteiger partial charge in [-0.3, -0.25) is 72.9 Å². The fourth-order valence-corrected chi connectivity index (χ4v) is 14.2. The zero-order chi connectivity index (χ0) is 92.9. The van der Waals surface area contributed by atoms with E-state index < -0.39 is 51.6 Å². The van der Waals surface area contributed by atoms with Crippen molar-refractivity contribution in [3.05, 3.63) is 456 Å². The summed E-state index contributed by atoms with van der Waals surface area (Å²) in [5.41, 5.74) is 11.0. The molecule has 0 radical (unpaired) electrons. The number of anilines is 1. The van der Waals surface area contributed by atoms with Gasteiger partial charge in [0.25, 0.3) is 57.3 Å². The lowest BCUT2D eigenvalue weighted by molar-refractivity contribution is 0.0911. The van der Waals surface area contributed by atoms with Crippen LogP contribution in [0.2, 0.25) is 0 Å². The number of ether oxygens (including phenoxy) is 1. The average Bonchev–Trinajstić information content (AvgIpc) is 1.52. The molecule has 0 saturated heterocycles. The third kappa shape index (κ3) is 28.1. The molecule has 5 amide bonds. The Morgan fingerprint density at radius 1 is 0.341 bits per heavy atom. The molecular weight excluding hydrogens is 1680 g/mol. The van der Waals surface area contributed by atoms with Gasteiger partial charge in [-0.15, -0.1) is 0 Å². The Labute approximate surface area is 763 Å². The first-order chi connectivity index (χ1) is 64.2. The predicted octanol–water partition coefficient (Wildman–Crippen LogP) is 16.1. The van der Waals surface area contributed by atoms with Crippen molar-refractivity contribution in [3.63, 3.8) is 0 Å². The number of nitrogens with zero attached hydrogens (tertiary/aromatic N) is 5. The number of aromatic amines is 5. The highest BCUT2D eigenvalue weighted by molar-refractivity contribution is 7.99. The van der Waals surface area contributed by atoms with Gasteiger partial charge in [-0.2, -0.15) is 0 Å². The topological polar surface area (TPSA) is 404 Å². The van der Waals surface area contributed by atoms with Gasteiger partial charge < -0.3 is 61.3 Å². The van der Waals surface area contributed by atoms with Crippen molar-refractivity contribution in [2.75, 3.05) is 19.0 Å². The zero-order valence-corrected chi connectivity index (χ0v) is 73.2. The SMILES string of the molecule is CC(CCc1ccccc1)NC(=O)c1cc(-c2ccncc2)c[nH]c1=O.CC(CCc1ccccc1)NC(=O)c1cc(-c2ccncc2)c[nH]c1=O.COc1ccc(C(C)NC(=O)c2cc(-c3ccncc3)c[nH]c2=O)cc1.O=C(NC[C@@H](O)c1ccccc1)c1cc(-c2ccncc2)c[nH]c1=O.O=C(Nc1ccc(Sc2ccccc2)cc1)c1cc(-c2ccncc2)c[nH]c1=O. The maximum Gasteiger partial charge on any atom is 0.261 e. The minimum absolute atomic E-state index is 0.00502. The second kappa shape index (κ2) is 48.3. The average molecular weight is 1780 g/mol. The van der Waals surface area contributed by atoms with E-state index in [0.717, 1.165) is 96.9 Å². The third-order valence-electron chi connectivity index (χ3n) is 20.7. The molecule has 16 rings (SSSR count). The van der Waals surface area contributed by atoms with E-state index in [4.69, 9.17) is 4.74 Å². The largest absolute Gasteiger partial charge is 0.497 e. The Kier molecular flexibility index (Phi) is 34.5. The highest BCUT2D eigenvalue weighted by Crippen LogP contribution is 2.30. The third-order valence-corrected chi connectivity index (χ3v) is 21.7. The van der Waals surface area contributed by atoms with Crippen LogP contribution in [0.5, 0.6) is 5.75 Å². The van der Waals surface area contributed by atoms with E-state index in [1.807, 2.05) is 203 Å². The van der Waals surface area contributed by atoms with E-state index in [2.05, 4.69) is 101 Å². The van der Waals surface area contributed by atoms with E-state index >= 15 is 0 Å². The summed E-state index contributed by atoms with van der Waals surface area (Å²) in [6.45, 7) is 5.77. The fourth-order valence-electron chi connectivity index (χ4n) is 13.4. The Morgan fingerprint density at radius 2 is 0.644 bits per heavy atom. The summed E-state index contributed by atoms with van der Waals surface area (Å²) >= 11 is 1.64. The summed E-state index contributed by atoms with van der Waals surface area (Å²) in [6, 6.07) is 80.0. The molecule has 28 heteroatoms. The summed E-state index contributed by atoms with van der Waals surface area (Å²) in [4.78, 5) is 158. The molecule has 0 saturated carbocycles. The second-order valence-electron chi connectivity index (χ2n) is 30.1. The highest BCUT2D eigenvalue weighted by Gasteiger charge is 2.22. The van der Waals surface area contributed by atoms with Gasteiger partial charge >= 0.3 is 0 Å². The van der Waals surface area contributed by atoms with Gasteiger partial charge in [0.05, 0.1) is 19.3 Å². The quantitative estimate of drug-likeness (QED) is 0.0228. The van der Waals surface area contributed by atoms with E-state index in [1.54, 1.807) is 160 Å². The van der Waals surface area contributed by atoms with Crippen LogP contribution in [0.3, 0.4) is 0 Å². The number of carbonyl (C=O) groups excluding carboxylic acids is 5. The number of benzene rings is 6. The van der Waals surface area contributed by atoms with Crippen LogP contribution in [0.25, 0.3) is 55.6 Å².